The van der Waals surface area contributed by atoms with Gasteiger partial charge in [-0.15, -0.1) is 0 Å². The van der Waals surface area contributed by atoms with E-state index in [2.05, 4.69) is 54.1 Å². The van der Waals surface area contributed by atoms with Gasteiger partial charge < -0.3 is 14.8 Å². The Morgan fingerprint density at radius 3 is 2.46 bits per heavy atom. The molecule has 7 heteroatoms. The van der Waals surface area contributed by atoms with Gasteiger partial charge in [-0.25, -0.2) is 13.9 Å². The van der Waals surface area contributed by atoms with Gasteiger partial charge in [0, 0.05) is 17.4 Å². The molecule has 0 saturated carbocycles. The zero-order chi connectivity index (χ0) is 26.9. The Hall–Kier alpha value is -4.65. The number of nitrogens with one attached hydrogen (secondary N) is 1. The van der Waals surface area contributed by atoms with Crippen LogP contribution in [-0.4, -0.2) is 25.3 Å². The van der Waals surface area contributed by atoms with E-state index in [0.29, 0.717) is 18.7 Å². The van der Waals surface area contributed by atoms with Gasteiger partial charge in [0.05, 0.1) is 29.7 Å². The van der Waals surface area contributed by atoms with Crippen LogP contribution in [-0.2, 0) is 19.4 Å². The van der Waals surface area contributed by atoms with Crippen LogP contribution in [0.4, 0.5) is 14.9 Å². The standard InChI is InChI=1S/C32H30FN5O/c1-3-22-15-17-23(18-16-22)30-29-14-9-19-36(29)31-27(28(4-2)35-38(31)26-12-6-5-7-13-26)21-37(30)32(39)34-25-11-8-10-24(33)20-25/h5-20,30H,3-4,21H2,1-2H3,(H,34,39)/t30-/m0/s1. The van der Waals surface area contributed by atoms with Crippen molar-refractivity contribution in [1.29, 1.82) is 0 Å². The highest BCUT2D eigenvalue weighted by Crippen LogP contribution is 2.39. The first kappa shape index (κ1) is 24.7. The molecule has 2 aromatic heterocycles. The van der Waals surface area contributed by atoms with E-state index in [9.17, 15) is 9.18 Å². The van der Waals surface area contributed by atoms with Gasteiger partial charge in [-0.3, -0.25) is 0 Å². The highest BCUT2D eigenvalue weighted by Gasteiger charge is 2.36. The molecule has 0 aliphatic carbocycles. The van der Waals surface area contributed by atoms with Crippen LogP contribution in [0.1, 0.15) is 48.0 Å². The molecule has 1 aliphatic heterocycles. The van der Waals surface area contributed by atoms with E-state index < -0.39 is 5.82 Å². The second-order valence-electron chi connectivity index (χ2n) is 9.72. The third-order valence-corrected chi connectivity index (χ3v) is 7.34. The summed E-state index contributed by atoms with van der Waals surface area (Å²) in [6.07, 6.45) is 3.69. The molecule has 196 valence electrons. The second kappa shape index (κ2) is 10.3. The van der Waals surface area contributed by atoms with Crippen LogP contribution in [0.15, 0.2) is 97.2 Å². The number of nitrogens with zero attached hydrogens (tertiary/aromatic N) is 4. The summed E-state index contributed by atoms with van der Waals surface area (Å²) in [7, 11) is 0. The Balaban J connectivity index is 1.54. The lowest BCUT2D eigenvalue weighted by atomic mass is 9.99. The molecular formula is C32H30FN5O. The van der Waals surface area contributed by atoms with E-state index in [-0.39, 0.29) is 12.1 Å². The van der Waals surface area contributed by atoms with Crippen molar-refractivity contribution in [2.24, 2.45) is 0 Å². The van der Waals surface area contributed by atoms with E-state index in [1.807, 2.05) is 52.2 Å². The maximum atomic E-state index is 14.0. The van der Waals surface area contributed by atoms with E-state index in [4.69, 9.17) is 5.10 Å². The van der Waals surface area contributed by atoms with E-state index in [1.165, 1.54) is 17.7 Å². The number of carbonyl (C=O) groups excluding carboxylic acids is 1. The minimum Gasteiger partial charge on any atom is -0.308 e. The minimum atomic E-state index is -0.399. The van der Waals surface area contributed by atoms with Gasteiger partial charge in [-0.2, -0.15) is 5.10 Å². The van der Waals surface area contributed by atoms with Crippen LogP contribution in [0.5, 0.6) is 0 Å². The molecule has 0 fully saturated rings. The van der Waals surface area contributed by atoms with Crippen LogP contribution in [0.25, 0.3) is 11.5 Å². The van der Waals surface area contributed by atoms with Gasteiger partial charge in [0.15, 0.2) is 0 Å². The molecule has 6 rings (SSSR count). The fourth-order valence-corrected chi connectivity index (χ4v) is 5.40. The van der Waals surface area contributed by atoms with Gasteiger partial charge in [-0.05, 0) is 66.4 Å². The largest absolute Gasteiger partial charge is 0.322 e. The normalized spacial score (nSPS) is 14.4. The summed E-state index contributed by atoms with van der Waals surface area (Å²) in [6.45, 7) is 4.55. The van der Waals surface area contributed by atoms with Crippen molar-refractivity contribution < 1.29 is 9.18 Å². The van der Waals surface area contributed by atoms with Crippen LogP contribution < -0.4 is 5.32 Å². The van der Waals surface area contributed by atoms with Gasteiger partial charge >= 0.3 is 6.03 Å². The lowest BCUT2D eigenvalue weighted by Crippen LogP contribution is -2.38. The van der Waals surface area contributed by atoms with Gasteiger partial charge in [0.1, 0.15) is 11.6 Å². The third kappa shape index (κ3) is 4.50. The summed E-state index contributed by atoms with van der Waals surface area (Å²) >= 11 is 0. The zero-order valence-corrected chi connectivity index (χ0v) is 22.0. The number of rotatable bonds is 5. The first-order valence-electron chi connectivity index (χ1n) is 13.3. The summed E-state index contributed by atoms with van der Waals surface area (Å²) in [5.74, 6) is 0.526. The first-order valence-corrected chi connectivity index (χ1v) is 13.3. The molecule has 1 aliphatic rings. The monoisotopic (exact) mass is 519 g/mol. The number of hydrogen-bond donors (Lipinski definition) is 1. The van der Waals surface area contributed by atoms with Crippen LogP contribution in [0.3, 0.4) is 0 Å². The molecule has 2 amide bonds. The van der Waals surface area contributed by atoms with Crippen molar-refractivity contribution in [2.75, 3.05) is 5.32 Å². The smallest absolute Gasteiger partial charge is 0.308 e. The summed E-state index contributed by atoms with van der Waals surface area (Å²) < 4.78 is 18.1. The van der Waals surface area contributed by atoms with Crippen molar-refractivity contribution in [3.8, 4) is 11.5 Å². The Morgan fingerprint density at radius 1 is 0.949 bits per heavy atom. The van der Waals surface area contributed by atoms with Gasteiger partial charge in [0.2, 0.25) is 0 Å². The van der Waals surface area contributed by atoms with E-state index in [1.54, 1.807) is 12.1 Å². The Labute approximate surface area is 227 Å². The lowest BCUT2D eigenvalue weighted by Gasteiger charge is -2.31. The Morgan fingerprint density at radius 2 is 1.74 bits per heavy atom. The van der Waals surface area contributed by atoms with Crippen LogP contribution >= 0.6 is 0 Å². The number of urea groups is 1. The second-order valence-corrected chi connectivity index (χ2v) is 9.72. The van der Waals surface area contributed by atoms with E-state index in [0.717, 1.165) is 40.4 Å². The molecule has 0 saturated heterocycles. The van der Waals surface area contributed by atoms with Crippen LogP contribution in [0.2, 0.25) is 0 Å². The topological polar surface area (TPSA) is 55.1 Å². The predicted octanol–water partition coefficient (Wildman–Crippen LogP) is 7.06. The maximum Gasteiger partial charge on any atom is 0.322 e. The molecule has 1 N–H and O–H groups in total. The number of halogens is 1. The number of carbonyl (C=O) groups is 1. The molecule has 0 spiro atoms. The SMILES string of the molecule is CCc1ccc([C@H]2c3cccn3-c3c(c(CC)nn3-c3ccccc3)CN2C(=O)Nc2cccc(F)c2)cc1. The first-order chi connectivity index (χ1) is 19.1. The molecule has 6 nitrogen and oxygen atoms in total. The highest BCUT2D eigenvalue weighted by molar-refractivity contribution is 5.90. The number of aromatic nitrogens is 3. The minimum absolute atomic E-state index is 0.305. The molecule has 3 aromatic carbocycles. The zero-order valence-electron chi connectivity index (χ0n) is 22.0. The molecule has 1 atom stereocenters. The summed E-state index contributed by atoms with van der Waals surface area (Å²) in [6, 6.07) is 27.9. The fraction of sp³-hybridized carbons (Fsp3) is 0.188. The average Bonchev–Trinajstić information content (AvgIpc) is 3.55. The maximum absolute atomic E-state index is 14.0. The summed E-state index contributed by atoms with van der Waals surface area (Å²) in [5.41, 5.74) is 6.47. The molecule has 0 bridgehead atoms. The van der Waals surface area contributed by atoms with Gasteiger partial charge in [0.25, 0.3) is 0 Å². The lowest BCUT2D eigenvalue weighted by molar-refractivity contribution is 0.194. The average molecular weight is 520 g/mol. The van der Waals surface area contributed by atoms with Gasteiger partial charge in [-0.1, -0.05) is 62.4 Å². The molecule has 39 heavy (non-hydrogen) atoms. The quantitative estimate of drug-likeness (QED) is 0.270. The highest BCUT2D eigenvalue weighted by atomic mass is 19.1. The number of hydrogen-bond acceptors (Lipinski definition) is 2. The summed E-state index contributed by atoms with van der Waals surface area (Å²) in [4.78, 5) is 15.8. The molecule has 0 radical (unpaired) electrons. The van der Waals surface area contributed by atoms with E-state index >= 15 is 0 Å². The van der Waals surface area contributed by atoms with Crippen molar-refractivity contribution in [2.45, 2.75) is 39.3 Å². The van der Waals surface area contributed by atoms with Crippen molar-refractivity contribution >= 4 is 11.7 Å². The number of para-hydroxylation sites is 1. The molecule has 5 aromatic rings. The third-order valence-electron chi connectivity index (χ3n) is 7.34. The van der Waals surface area contributed by atoms with Crippen molar-refractivity contribution in [3.05, 3.63) is 131 Å². The predicted molar refractivity (Wildman–Crippen MR) is 151 cm³/mol. The number of aryl methyl sites for hydroxylation is 2. The van der Waals surface area contributed by atoms with Crippen molar-refractivity contribution in [1.82, 2.24) is 19.2 Å². The van der Waals surface area contributed by atoms with Crippen molar-refractivity contribution in [3.63, 3.8) is 0 Å². The molecule has 3 heterocycles. The number of fused-ring (bicyclic) bond motifs is 3. The van der Waals surface area contributed by atoms with Crippen LogP contribution in [0, 0.1) is 5.82 Å². The fourth-order valence-electron chi connectivity index (χ4n) is 5.40. The number of benzene rings is 3. The summed E-state index contributed by atoms with van der Waals surface area (Å²) in [5, 5.41) is 7.94. The number of anilines is 1. The molecular weight excluding hydrogens is 489 g/mol. The molecule has 0 unspecified atom stereocenters. The Bertz CT molecular complexity index is 1620. The number of amides is 2. The Kier molecular flexibility index (Phi) is 6.49.